The number of benzene rings is 1. The number of hydrogen-bond donors (Lipinski definition) is 1. The molecule has 0 saturated carbocycles. The molecule has 1 N–H and O–H groups in total. The zero-order valence-corrected chi connectivity index (χ0v) is 12.7. The van der Waals surface area contributed by atoms with E-state index < -0.39 is 9.84 Å². The molecule has 0 fully saturated rings. The fourth-order valence-electron chi connectivity index (χ4n) is 1.52. The summed E-state index contributed by atoms with van der Waals surface area (Å²) in [5.74, 6) is 1.21. The summed E-state index contributed by atoms with van der Waals surface area (Å²) >= 11 is 0. The van der Waals surface area contributed by atoms with Gasteiger partial charge in [-0.25, -0.2) is 8.42 Å². The second-order valence-corrected chi connectivity index (χ2v) is 7.19. The third-order valence-corrected chi connectivity index (χ3v) is 4.57. The molecule has 0 bridgehead atoms. The Morgan fingerprint density at radius 1 is 1.26 bits per heavy atom. The lowest BCUT2D eigenvalue weighted by Gasteiger charge is -2.15. The van der Waals surface area contributed by atoms with E-state index in [1.54, 1.807) is 6.92 Å². The van der Waals surface area contributed by atoms with Crippen LogP contribution in [0.15, 0.2) is 24.3 Å². The standard InChI is InChI=1S/C14H23NO3S/c1-4-19(16,17)10-9-15-13(3)11-18-14-7-5-12(2)6-8-14/h5-8,13,15H,4,9-11H2,1-3H3. The Morgan fingerprint density at radius 2 is 1.89 bits per heavy atom. The van der Waals surface area contributed by atoms with E-state index >= 15 is 0 Å². The monoisotopic (exact) mass is 285 g/mol. The number of rotatable bonds is 8. The Kier molecular flexibility index (Phi) is 6.31. The van der Waals surface area contributed by atoms with Gasteiger partial charge in [0.2, 0.25) is 0 Å². The van der Waals surface area contributed by atoms with E-state index in [1.807, 2.05) is 38.1 Å². The summed E-state index contributed by atoms with van der Waals surface area (Å²) in [6.07, 6.45) is 0. The average Bonchev–Trinajstić information content (AvgIpc) is 2.38. The van der Waals surface area contributed by atoms with Crippen LogP contribution in [0.5, 0.6) is 5.75 Å². The summed E-state index contributed by atoms with van der Waals surface area (Å²) in [7, 11) is -2.89. The maximum atomic E-state index is 11.3. The molecule has 0 radical (unpaired) electrons. The molecule has 1 aromatic carbocycles. The molecule has 4 nitrogen and oxygen atoms in total. The third-order valence-electron chi connectivity index (χ3n) is 2.87. The van der Waals surface area contributed by atoms with Gasteiger partial charge in [-0.2, -0.15) is 0 Å². The van der Waals surface area contributed by atoms with Crippen molar-refractivity contribution in [2.45, 2.75) is 26.8 Å². The van der Waals surface area contributed by atoms with E-state index in [0.29, 0.717) is 13.2 Å². The molecule has 1 rings (SSSR count). The maximum Gasteiger partial charge on any atom is 0.151 e. The van der Waals surface area contributed by atoms with Crippen LogP contribution >= 0.6 is 0 Å². The highest BCUT2D eigenvalue weighted by Crippen LogP contribution is 2.11. The zero-order chi connectivity index (χ0) is 14.3. The Balaban J connectivity index is 2.24. The van der Waals surface area contributed by atoms with Gasteiger partial charge >= 0.3 is 0 Å². The highest BCUT2D eigenvalue weighted by Gasteiger charge is 2.08. The van der Waals surface area contributed by atoms with E-state index in [2.05, 4.69) is 5.32 Å². The van der Waals surface area contributed by atoms with Gasteiger partial charge in [-0.1, -0.05) is 24.6 Å². The quantitative estimate of drug-likeness (QED) is 0.791. The second kappa shape index (κ2) is 7.50. The first-order chi connectivity index (χ1) is 8.93. The second-order valence-electron chi connectivity index (χ2n) is 4.72. The predicted octanol–water partition coefficient (Wildman–Crippen LogP) is 1.79. The molecule has 1 unspecified atom stereocenters. The van der Waals surface area contributed by atoms with Crippen LogP contribution in [0.25, 0.3) is 0 Å². The van der Waals surface area contributed by atoms with Crippen molar-refractivity contribution in [3.05, 3.63) is 29.8 Å². The summed E-state index contributed by atoms with van der Waals surface area (Å²) in [6, 6.07) is 7.99. The lowest BCUT2D eigenvalue weighted by atomic mass is 10.2. The van der Waals surface area contributed by atoms with Crippen molar-refractivity contribution < 1.29 is 13.2 Å². The van der Waals surface area contributed by atoms with E-state index in [0.717, 1.165) is 5.75 Å². The van der Waals surface area contributed by atoms with Crippen LogP contribution in [-0.4, -0.2) is 39.1 Å². The molecule has 1 aromatic rings. The Labute approximate surface area is 116 Å². The topological polar surface area (TPSA) is 55.4 Å². The lowest BCUT2D eigenvalue weighted by molar-refractivity contribution is 0.275. The minimum Gasteiger partial charge on any atom is -0.492 e. The maximum absolute atomic E-state index is 11.3. The Hall–Kier alpha value is -1.07. The van der Waals surface area contributed by atoms with Crippen LogP contribution in [0.1, 0.15) is 19.4 Å². The van der Waals surface area contributed by atoms with Gasteiger partial charge in [-0.05, 0) is 26.0 Å². The van der Waals surface area contributed by atoms with Crippen molar-refractivity contribution in [2.24, 2.45) is 0 Å². The molecular weight excluding hydrogens is 262 g/mol. The minimum absolute atomic E-state index is 0.119. The molecule has 0 heterocycles. The molecule has 0 saturated heterocycles. The summed E-state index contributed by atoms with van der Waals surface area (Å²) < 4.78 is 28.3. The van der Waals surface area contributed by atoms with Gasteiger partial charge in [0.1, 0.15) is 12.4 Å². The molecule has 0 aliphatic heterocycles. The van der Waals surface area contributed by atoms with Gasteiger partial charge in [0, 0.05) is 18.3 Å². The van der Waals surface area contributed by atoms with Crippen molar-refractivity contribution in [1.82, 2.24) is 5.32 Å². The summed E-state index contributed by atoms with van der Waals surface area (Å²) in [4.78, 5) is 0. The largest absolute Gasteiger partial charge is 0.492 e. The van der Waals surface area contributed by atoms with Crippen molar-refractivity contribution >= 4 is 9.84 Å². The summed E-state index contributed by atoms with van der Waals surface area (Å²) in [6.45, 7) is 6.66. The molecule has 0 aromatic heterocycles. The number of hydrogen-bond acceptors (Lipinski definition) is 4. The van der Waals surface area contributed by atoms with E-state index in [4.69, 9.17) is 4.74 Å². The van der Waals surface area contributed by atoms with Gasteiger partial charge in [0.05, 0.1) is 5.75 Å². The average molecular weight is 285 g/mol. The number of aryl methyl sites for hydroxylation is 1. The number of sulfone groups is 1. The van der Waals surface area contributed by atoms with Gasteiger partial charge in [-0.3, -0.25) is 0 Å². The van der Waals surface area contributed by atoms with Crippen LogP contribution in [-0.2, 0) is 9.84 Å². The van der Waals surface area contributed by atoms with Crippen LogP contribution in [0.3, 0.4) is 0 Å². The van der Waals surface area contributed by atoms with Crippen LogP contribution in [0.4, 0.5) is 0 Å². The highest BCUT2D eigenvalue weighted by atomic mass is 32.2. The van der Waals surface area contributed by atoms with E-state index in [9.17, 15) is 8.42 Å². The van der Waals surface area contributed by atoms with Gasteiger partial charge in [0.25, 0.3) is 0 Å². The van der Waals surface area contributed by atoms with Crippen molar-refractivity contribution in [1.29, 1.82) is 0 Å². The van der Waals surface area contributed by atoms with Crippen molar-refractivity contribution in [2.75, 3.05) is 24.7 Å². The van der Waals surface area contributed by atoms with Crippen LogP contribution < -0.4 is 10.1 Å². The van der Waals surface area contributed by atoms with Gasteiger partial charge in [-0.15, -0.1) is 0 Å². The molecule has 19 heavy (non-hydrogen) atoms. The molecule has 0 spiro atoms. The molecule has 0 aliphatic rings. The van der Waals surface area contributed by atoms with Gasteiger partial charge in [0.15, 0.2) is 9.84 Å². The lowest BCUT2D eigenvalue weighted by Crippen LogP contribution is -2.35. The summed E-state index contributed by atoms with van der Waals surface area (Å²) in [5.41, 5.74) is 1.20. The molecule has 1 atom stereocenters. The fourth-order valence-corrected chi connectivity index (χ4v) is 2.24. The first-order valence-electron chi connectivity index (χ1n) is 6.56. The first-order valence-corrected chi connectivity index (χ1v) is 8.38. The Bertz CT molecular complexity index is 468. The third kappa shape index (κ3) is 6.59. The molecule has 0 amide bonds. The molecular formula is C14H23NO3S. The minimum atomic E-state index is -2.89. The van der Waals surface area contributed by atoms with Crippen molar-refractivity contribution in [3.8, 4) is 5.75 Å². The summed E-state index contributed by atoms with van der Waals surface area (Å²) in [5, 5.41) is 3.15. The number of nitrogens with one attached hydrogen (secondary N) is 1. The van der Waals surface area contributed by atoms with Gasteiger partial charge < -0.3 is 10.1 Å². The normalized spacial score (nSPS) is 13.2. The molecule has 5 heteroatoms. The predicted molar refractivity (Wildman–Crippen MR) is 78.5 cm³/mol. The molecule has 0 aliphatic carbocycles. The van der Waals surface area contributed by atoms with Crippen molar-refractivity contribution in [3.63, 3.8) is 0 Å². The SMILES string of the molecule is CCS(=O)(=O)CCNC(C)COc1ccc(C)cc1. The zero-order valence-electron chi connectivity index (χ0n) is 11.8. The molecule has 108 valence electrons. The van der Waals surface area contributed by atoms with E-state index in [1.165, 1.54) is 5.56 Å². The Morgan fingerprint density at radius 3 is 2.47 bits per heavy atom. The van der Waals surface area contributed by atoms with E-state index in [-0.39, 0.29) is 17.5 Å². The highest BCUT2D eigenvalue weighted by molar-refractivity contribution is 7.91. The van der Waals surface area contributed by atoms with Crippen LogP contribution in [0, 0.1) is 6.92 Å². The van der Waals surface area contributed by atoms with Crippen LogP contribution in [0.2, 0.25) is 0 Å². The number of ether oxygens (including phenoxy) is 1. The fraction of sp³-hybridized carbons (Fsp3) is 0.571. The first kappa shape index (κ1) is 16.0. The smallest absolute Gasteiger partial charge is 0.151 e.